The van der Waals surface area contributed by atoms with Gasteiger partial charge in [-0.2, -0.15) is 5.26 Å². The molecule has 0 bridgehead atoms. The number of hydrogen-bond donors (Lipinski definition) is 2. The number of carbonyl (C=O) groups is 1. The van der Waals surface area contributed by atoms with Gasteiger partial charge in [0.15, 0.2) is 0 Å². The predicted molar refractivity (Wildman–Crippen MR) is 67.3 cm³/mol. The zero-order chi connectivity index (χ0) is 12.5. The molecule has 1 saturated carbocycles. The van der Waals surface area contributed by atoms with Gasteiger partial charge in [0.1, 0.15) is 0 Å². The van der Waals surface area contributed by atoms with Crippen molar-refractivity contribution in [1.29, 1.82) is 5.26 Å². The Morgan fingerprint density at radius 3 is 2.82 bits per heavy atom. The first-order valence-electron chi connectivity index (χ1n) is 6.67. The van der Waals surface area contributed by atoms with Gasteiger partial charge in [-0.15, -0.1) is 0 Å². The van der Waals surface area contributed by atoms with E-state index in [0.717, 1.165) is 32.2 Å². The van der Waals surface area contributed by atoms with Crippen LogP contribution in [0.25, 0.3) is 0 Å². The monoisotopic (exact) mass is 237 g/mol. The van der Waals surface area contributed by atoms with Crippen molar-refractivity contribution in [3.05, 3.63) is 0 Å². The third kappa shape index (κ3) is 5.18. The Bertz CT molecular complexity index is 272. The van der Waals surface area contributed by atoms with E-state index in [4.69, 9.17) is 5.26 Å². The lowest BCUT2D eigenvalue weighted by Crippen LogP contribution is -2.39. The summed E-state index contributed by atoms with van der Waals surface area (Å²) in [5, 5.41) is 15.2. The fourth-order valence-electron chi connectivity index (χ4n) is 2.25. The lowest BCUT2D eigenvalue weighted by atomic mass is 9.85. The molecule has 2 atom stereocenters. The van der Waals surface area contributed by atoms with Gasteiger partial charge in [-0.1, -0.05) is 19.8 Å². The van der Waals surface area contributed by atoms with E-state index in [9.17, 15) is 4.79 Å². The summed E-state index contributed by atoms with van der Waals surface area (Å²) in [4.78, 5) is 11.4. The molecular weight excluding hydrogens is 214 g/mol. The molecule has 0 aromatic carbocycles. The normalized spacial score (nSPS) is 24.0. The zero-order valence-corrected chi connectivity index (χ0v) is 10.7. The number of nitriles is 1. The highest BCUT2D eigenvalue weighted by Gasteiger charge is 2.24. The summed E-state index contributed by atoms with van der Waals surface area (Å²) in [6.45, 7) is 3.47. The van der Waals surface area contributed by atoms with E-state index in [1.54, 1.807) is 0 Å². The molecule has 0 aromatic heterocycles. The molecule has 2 N–H and O–H groups in total. The number of amides is 1. The molecule has 0 radical (unpaired) electrons. The number of rotatable bonds is 6. The topological polar surface area (TPSA) is 64.9 Å². The van der Waals surface area contributed by atoms with E-state index in [1.807, 2.05) is 6.92 Å². The Morgan fingerprint density at radius 2 is 2.12 bits per heavy atom. The minimum absolute atomic E-state index is 0.101. The van der Waals surface area contributed by atoms with Crippen molar-refractivity contribution in [2.45, 2.75) is 51.5 Å². The SMILES string of the molecule is CCCNC(=O)CCNC1CCCCC1C#N. The number of hydrogen-bond acceptors (Lipinski definition) is 3. The smallest absolute Gasteiger partial charge is 0.221 e. The summed E-state index contributed by atoms with van der Waals surface area (Å²) >= 11 is 0. The second kappa shape index (κ2) is 8.08. The van der Waals surface area contributed by atoms with Crippen LogP contribution in [0, 0.1) is 17.2 Å². The second-order valence-electron chi connectivity index (χ2n) is 4.68. The van der Waals surface area contributed by atoms with Gasteiger partial charge in [0.2, 0.25) is 5.91 Å². The molecule has 1 fully saturated rings. The van der Waals surface area contributed by atoms with Crippen molar-refractivity contribution >= 4 is 5.91 Å². The van der Waals surface area contributed by atoms with E-state index in [0.29, 0.717) is 13.0 Å². The quantitative estimate of drug-likeness (QED) is 0.737. The van der Waals surface area contributed by atoms with Gasteiger partial charge in [0, 0.05) is 25.6 Å². The molecule has 4 heteroatoms. The number of nitrogens with zero attached hydrogens (tertiary/aromatic N) is 1. The predicted octanol–water partition coefficient (Wildman–Crippen LogP) is 1.57. The molecule has 0 aliphatic heterocycles. The van der Waals surface area contributed by atoms with E-state index in [1.165, 1.54) is 6.42 Å². The van der Waals surface area contributed by atoms with Crippen LogP contribution in [0.5, 0.6) is 0 Å². The standard InChI is InChI=1S/C13H23N3O/c1-2-8-16-13(17)7-9-15-12-6-4-3-5-11(12)10-14/h11-12,15H,2-9H2,1H3,(H,16,17). The molecule has 96 valence electrons. The second-order valence-corrected chi connectivity index (χ2v) is 4.68. The van der Waals surface area contributed by atoms with Crippen LogP contribution >= 0.6 is 0 Å². The molecule has 0 aromatic rings. The Hall–Kier alpha value is -1.08. The molecule has 1 rings (SSSR count). The molecule has 2 unspecified atom stereocenters. The Balaban J connectivity index is 2.16. The van der Waals surface area contributed by atoms with Crippen LogP contribution in [0.4, 0.5) is 0 Å². The van der Waals surface area contributed by atoms with Crippen LogP contribution in [0.3, 0.4) is 0 Å². The van der Waals surface area contributed by atoms with E-state index >= 15 is 0 Å². The van der Waals surface area contributed by atoms with Crippen LogP contribution in [0.1, 0.15) is 45.4 Å². The molecule has 4 nitrogen and oxygen atoms in total. The Labute approximate surface area is 104 Å². The highest BCUT2D eigenvalue weighted by atomic mass is 16.1. The maximum absolute atomic E-state index is 11.4. The highest BCUT2D eigenvalue weighted by Crippen LogP contribution is 2.23. The first kappa shape index (κ1) is 14.0. The lowest BCUT2D eigenvalue weighted by Gasteiger charge is -2.27. The van der Waals surface area contributed by atoms with Crippen molar-refractivity contribution in [3.8, 4) is 6.07 Å². The maximum Gasteiger partial charge on any atom is 0.221 e. The van der Waals surface area contributed by atoms with Crippen molar-refractivity contribution in [3.63, 3.8) is 0 Å². The number of nitrogens with one attached hydrogen (secondary N) is 2. The first-order chi connectivity index (χ1) is 8.27. The van der Waals surface area contributed by atoms with Crippen molar-refractivity contribution in [1.82, 2.24) is 10.6 Å². The summed E-state index contributed by atoms with van der Waals surface area (Å²) < 4.78 is 0. The fourth-order valence-corrected chi connectivity index (χ4v) is 2.25. The summed E-state index contributed by atoms with van der Waals surface area (Å²) in [7, 11) is 0. The lowest BCUT2D eigenvalue weighted by molar-refractivity contribution is -0.121. The van der Waals surface area contributed by atoms with Crippen LogP contribution in [0.15, 0.2) is 0 Å². The molecule has 17 heavy (non-hydrogen) atoms. The molecule has 1 amide bonds. The van der Waals surface area contributed by atoms with Crippen molar-refractivity contribution in [2.24, 2.45) is 5.92 Å². The molecule has 0 spiro atoms. The number of carbonyl (C=O) groups excluding carboxylic acids is 1. The third-order valence-electron chi connectivity index (χ3n) is 3.26. The highest BCUT2D eigenvalue weighted by molar-refractivity contribution is 5.75. The van der Waals surface area contributed by atoms with Crippen molar-refractivity contribution < 1.29 is 4.79 Å². The average molecular weight is 237 g/mol. The average Bonchev–Trinajstić information content (AvgIpc) is 2.37. The summed E-state index contributed by atoms with van der Waals surface area (Å²) in [6.07, 6.45) is 5.89. The third-order valence-corrected chi connectivity index (χ3v) is 3.26. The largest absolute Gasteiger partial charge is 0.356 e. The summed E-state index contributed by atoms with van der Waals surface area (Å²) in [5.74, 6) is 0.228. The van der Waals surface area contributed by atoms with Gasteiger partial charge in [0.05, 0.1) is 12.0 Å². The molecule has 1 aliphatic carbocycles. The summed E-state index contributed by atoms with van der Waals surface area (Å²) in [5.41, 5.74) is 0. The maximum atomic E-state index is 11.4. The fraction of sp³-hybridized carbons (Fsp3) is 0.846. The molecule has 0 heterocycles. The molecule has 1 aliphatic rings. The van der Waals surface area contributed by atoms with E-state index in [-0.39, 0.29) is 17.9 Å². The van der Waals surface area contributed by atoms with Crippen LogP contribution in [0.2, 0.25) is 0 Å². The van der Waals surface area contributed by atoms with Crippen LogP contribution in [-0.4, -0.2) is 25.0 Å². The van der Waals surface area contributed by atoms with E-state index < -0.39 is 0 Å². The van der Waals surface area contributed by atoms with E-state index in [2.05, 4.69) is 16.7 Å². The Kier molecular flexibility index (Phi) is 6.64. The summed E-state index contributed by atoms with van der Waals surface area (Å²) in [6, 6.07) is 2.65. The molecular formula is C13H23N3O. The van der Waals surface area contributed by atoms with Gasteiger partial charge in [-0.25, -0.2) is 0 Å². The first-order valence-corrected chi connectivity index (χ1v) is 6.67. The van der Waals surface area contributed by atoms with Gasteiger partial charge in [-0.3, -0.25) is 4.79 Å². The van der Waals surface area contributed by atoms with Crippen LogP contribution in [-0.2, 0) is 4.79 Å². The van der Waals surface area contributed by atoms with Gasteiger partial charge in [0.25, 0.3) is 0 Å². The Morgan fingerprint density at radius 1 is 1.35 bits per heavy atom. The molecule has 0 saturated heterocycles. The van der Waals surface area contributed by atoms with Crippen LogP contribution < -0.4 is 10.6 Å². The zero-order valence-electron chi connectivity index (χ0n) is 10.7. The van der Waals surface area contributed by atoms with Gasteiger partial charge >= 0.3 is 0 Å². The van der Waals surface area contributed by atoms with Gasteiger partial charge in [-0.05, 0) is 19.3 Å². The minimum atomic E-state index is 0.101. The minimum Gasteiger partial charge on any atom is -0.356 e. The van der Waals surface area contributed by atoms with Crippen molar-refractivity contribution in [2.75, 3.05) is 13.1 Å². The van der Waals surface area contributed by atoms with Gasteiger partial charge < -0.3 is 10.6 Å².